The third-order valence-electron chi connectivity index (χ3n) is 5.31. The van der Waals surface area contributed by atoms with Gasteiger partial charge >= 0.3 is 0 Å². The Hall–Kier alpha value is -3.71. The van der Waals surface area contributed by atoms with E-state index in [1.165, 1.54) is 25.3 Å². The van der Waals surface area contributed by atoms with Crippen LogP contribution in [0.3, 0.4) is 0 Å². The number of ether oxygens (including phenoxy) is 1. The molecule has 0 amide bonds. The molecule has 0 bridgehead atoms. The van der Waals surface area contributed by atoms with Gasteiger partial charge in [-0.3, -0.25) is 4.79 Å². The molecule has 0 saturated carbocycles. The zero-order valence-electron chi connectivity index (χ0n) is 19.0. The molecule has 7 nitrogen and oxygen atoms in total. The minimum absolute atomic E-state index is 0.0113. The van der Waals surface area contributed by atoms with E-state index in [9.17, 15) is 25.2 Å². The molecule has 0 radical (unpaired) electrons. The topological polar surface area (TPSA) is 120 Å². The smallest absolute Gasteiger partial charge is 0.200 e. The quantitative estimate of drug-likeness (QED) is 0.382. The molecule has 2 aromatic carbocycles. The summed E-state index contributed by atoms with van der Waals surface area (Å²) < 4.78 is 11.4. The fourth-order valence-corrected chi connectivity index (χ4v) is 3.46. The highest BCUT2D eigenvalue weighted by molar-refractivity contribution is 5.92. The lowest BCUT2D eigenvalue weighted by atomic mass is 9.96. The van der Waals surface area contributed by atoms with Gasteiger partial charge in [0.15, 0.2) is 5.43 Å². The van der Waals surface area contributed by atoms with Gasteiger partial charge in [-0.2, -0.15) is 0 Å². The van der Waals surface area contributed by atoms with Crippen molar-refractivity contribution in [1.82, 2.24) is 0 Å². The maximum absolute atomic E-state index is 13.6. The molecule has 0 aliphatic rings. The molecule has 0 fully saturated rings. The van der Waals surface area contributed by atoms with Crippen LogP contribution < -0.4 is 10.2 Å². The zero-order chi connectivity index (χ0) is 24.4. The summed E-state index contributed by atoms with van der Waals surface area (Å²) in [5.74, 6) is -0.266. The molecule has 3 rings (SSSR count). The molecule has 0 saturated heterocycles. The summed E-state index contributed by atoms with van der Waals surface area (Å²) in [6.07, 6.45) is 2.34. The summed E-state index contributed by atoms with van der Waals surface area (Å²) in [4.78, 5) is 13.6. The first-order valence-electron chi connectivity index (χ1n) is 10.5. The van der Waals surface area contributed by atoms with E-state index in [1.54, 1.807) is 13.0 Å². The Morgan fingerprint density at radius 2 is 1.91 bits per heavy atom. The molecular weight excluding hydrogens is 424 g/mol. The van der Waals surface area contributed by atoms with E-state index in [0.29, 0.717) is 16.9 Å². The van der Waals surface area contributed by atoms with Crippen molar-refractivity contribution in [3.05, 3.63) is 63.8 Å². The van der Waals surface area contributed by atoms with Gasteiger partial charge in [-0.15, -0.1) is 0 Å². The summed E-state index contributed by atoms with van der Waals surface area (Å²) in [6.45, 7) is 9.31. The third kappa shape index (κ3) is 4.73. The summed E-state index contributed by atoms with van der Waals surface area (Å²) in [7, 11) is 1.44. The van der Waals surface area contributed by atoms with Crippen LogP contribution >= 0.6 is 0 Å². The molecular formula is C26H28O7. The lowest BCUT2D eigenvalue weighted by Crippen LogP contribution is -2.20. The first kappa shape index (κ1) is 23.9. The predicted octanol–water partition coefficient (Wildman–Crippen LogP) is 4.73. The Kier molecular flexibility index (Phi) is 6.84. The summed E-state index contributed by atoms with van der Waals surface area (Å²) >= 11 is 0. The van der Waals surface area contributed by atoms with Crippen LogP contribution in [0.15, 0.2) is 51.7 Å². The number of phenols is 3. The number of benzene rings is 2. The molecule has 33 heavy (non-hydrogen) atoms. The van der Waals surface area contributed by atoms with Gasteiger partial charge in [-0.1, -0.05) is 38.2 Å². The van der Waals surface area contributed by atoms with Crippen molar-refractivity contribution < 1.29 is 29.6 Å². The molecule has 0 aliphatic carbocycles. The Balaban J connectivity index is 2.42. The molecule has 1 heterocycles. The number of aliphatic hydroxyl groups excluding tert-OH is 1. The predicted molar refractivity (Wildman–Crippen MR) is 128 cm³/mol. The highest BCUT2D eigenvalue weighted by atomic mass is 16.5. The van der Waals surface area contributed by atoms with E-state index in [4.69, 9.17) is 9.15 Å². The van der Waals surface area contributed by atoms with Crippen molar-refractivity contribution in [2.75, 3.05) is 7.11 Å². The van der Waals surface area contributed by atoms with Gasteiger partial charge in [0.25, 0.3) is 0 Å². The SMILES string of the molecule is C=C(C)C(O)Cc1c(-c2ccc(O)cc2O)oc2cc(OC)c(/C=C/C(C)C)c(O)c2c1=O. The Morgan fingerprint density at radius 1 is 1.21 bits per heavy atom. The van der Waals surface area contributed by atoms with E-state index in [0.717, 1.165) is 6.07 Å². The van der Waals surface area contributed by atoms with Gasteiger partial charge in [-0.05, 0) is 25.0 Å². The molecule has 1 atom stereocenters. The number of fused-ring (bicyclic) bond motifs is 1. The minimum Gasteiger partial charge on any atom is -0.508 e. The Bertz CT molecular complexity index is 1300. The first-order chi connectivity index (χ1) is 15.5. The van der Waals surface area contributed by atoms with Crippen LogP contribution in [0.1, 0.15) is 31.9 Å². The first-order valence-corrected chi connectivity index (χ1v) is 10.5. The van der Waals surface area contributed by atoms with Gasteiger partial charge in [-0.25, -0.2) is 0 Å². The monoisotopic (exact) mass is 452 g/mol. The highest BCUT2D eigenvalue weighted by Crippen LogP contribution is 2.40. The van der Waals surface area contributed by atoms with Crippen LogP contribution in [0.25, 0.3) is 28.4 Å². The van der Waals surface area contributed by atoms with Crippen LogP contribution in [-0.4, -0.2) is 33.6 Å². The van der Waals surface area contributed by atoms with Gasteiger partial charge in [0.1, 0.15) is 39.7 Å². The summed E-state index contributed by atoms with van der Waals surface area (Å²) in [6, 6.07) is 5.37. The van der Waals surface area contributed by atoms with Crippen LogP contribution in [0.4, 0.5) is 0 Å². The minimum atomic E-state index is -1.05. The number of aromatic hydroxyl groups is 3. The van der Waals surface area contributed by atoms with Crippen LogP contribution in [0, 0.1) is 5.92 Å². The van der Waals surface area contributed by atoms with Crippen molar-refractivity contribution >= 4 is 17.0 Å². The lowest BCUT2D eigenvalue weighted by molar-refractivity contribution is 0.211. The third-order valence-corrected chi connectivity index (χ3v) is 5.31. The van der Waals surface area contributed by atoms with Crippen molar-refractivity contribution in [3.63, 3.8) is 0 Å². The molecule has 3 aromatic rings. The normalized spacial score (nSPS) is 12.5. The molecule has 0 aliphatic heterocycles. The maximum atomic E-state index is 13.6. The van der Waals surface area contributed by atoms with E-state index in [1.807, 2.05) is 19.9 Å². The number of rotatable bonds is 7. The fourth-order valence-electron chi connectivity index (χ4n) is 3.46. The summed E-state index contributed by atoms with van der Waals surface area (Å²) in [5, 5.41) is 41.5. The second kappa shape index (κ2) is 9.42. The highest BCUT2D eigenvalue weighted by Gasteiger charge is 2.25. The molecule has 7 heteroatoms. The molecule has 1 aromatic heterocycles. The molecule has 1 unspecified atom stereocenters. The summed E-state index contributed by atoms with van der Waals surface area (Å²) in [5.41, 5.74) is 0.467. The Labute approximate surface area is 191 Å². The number of methoxy groups -OCH3 is 1. The largest absolute Gasteiger partial charge is 0.508 e. The van der Waals surface area contributed by atoms with Crippen molar-refractivity contribution in [2.45, 2.75) is 33.3 Å². The van der Waals surface area contributed by atoms with Crippen molar-refractivity contribution in [1.29, 1.82) is 0 Å². The number of hydrogen-bond donors (Lipinski definition) is 4. The fraction of sp³-hybridized carbons (Fsp3) is 0.269. The van der Waals surface area contributed by atoms with Gasteiger partial charge in [0.2, 0.25) is 0 Å². The molecule has 174 valence electrons. The molecule has 4 N–H and O–H groups in total. The second-order valence-corrected chi connectivity index (χ2v) is 8.32. The van der Waals surface area contributed by atoms with Gasteiger partial charge < -0.3 is 29.6 Å². The number of hydrogen-bond acceptors (Lipinski definition) is 7. The van der Waals surface area contributed by atoms with E-state index < -0.39 is 11.5 Å². The second-order valence-electron chi connectivity index (χ2n) is 8.32. The van der Waals surface area contributed by atoms with Gasteiger partial charge in [0.05, 0.1) is 24.3 Å². The maximum Gasteiger partial charge on any atom is 0.200 e. The zero-order valence-corrected chi connectivity index (χ0v) is 19.0. The van der Waals surface area contributed by atoms with Crippen LogP contribution in [0.5, 0.6) is 23.0 Å². The number of allylic oxidation sites excluding steroid dienone is 1. The molecule has 0 spiro atoms. The average Bonchev–Trinajstić information content (AvgIpc) is 2.74. The average molecular weight is 453 g/mol. The van der Waals surface area contributed by atoms with Gasteiger partial charge in [0, 0.05) is 24.1 Å². The number of phenolic OH excluding ortho intramolecular Hbond substituents is 3. The Morgan fingerprint density at radius 3 is 2.48 bits per heavy atom. The van der Waals surface area contributed by atoms with E-state index >= 15 is 0 Å². The number of aliphatic hydroxyl groups is 1. The van der Waals surface area contributed by atoms with E-state index in [2.05, 4.69) is 6.58 Å². The van der Waals surface area contributed by atoms with E-state index in [-0.39, 0.29) is 57.4 Å². The van der Waals surface area contributed by atoms with Crippen molar-refractivity contribution in [3.8, 4) is 34.3 Å². The van der Waals surface area contributed by atoms with Crippen LogP contribution in [-0.2, 0) is 6.42 Å². The standard InChI is InChI=1S/C26H28O7/c1-13(2)6-8-17-21(32-5)12-22-23(24(17)30)25(31)18(11-19(28)14(3)4)26(33-22)16-9-7-15(27)10-20(16)29/h6-10,12-13,19,27-30H,3,11H2,1-2,4-5H3/b8-6+. The lowest BCUT2D eigenvalue weighted by Gasteiger charge is -2.17. The van der Waals surface area contributed by atoms with Crippen LogP contribution in [0.2, 0.25) is 0 Å². The van der Waals surface area contributed by atoms with Crippen molar-refractivity contribution in [2.24, 2.45) is 5.92 Å².